The zero-order chi connectivity index (χ0) is 14.7. The fraction of sp³-hybridized carbons (Fsp3) is 0.143. The maximum Gasteiger partial charge on any atom is 0.293 e. The van der Waals surface area contributed by atoms with Crippen LogP contribution >= 0.6 is 11.6 Å². The highest BCUT2D eigenvalue weighted by Gasteiger charge is 2.18. The van der Waals surface area contributed by atoms with Gasteiger partial charge >= 0.3 is 0 Å². The summed E-state index contributed by atoms with van der Waals surface area (Å²) in [6, 6.07) is 10.2. The molecule has 0 fully saturated rings. The fourth-order valence-corrected chi connectivity index (χ4v) is 2.11. The summed E-state index contributed by atoms with van der Waals surface area (Å²) in [5.74, 6) is -0.357. The summed E-state index contributed by atoms with van der Waals surface area (Å²) in [5, 5.41) is 14.2. The van der Waals surface area contributed by atoms with Gasteiger partial charge in [0.1, 0.15) is 11.5 Å². The van der Waals surface area contributed by atoms with Gasteiger partial charge in [-0.3, -0.25) is 10.1 Å². The molecule has 4 nitrogen and oxygen atoms in total. The van der Waals surface area contributed by atoms with Crippen molar-refractivity contribution in [1.82, 2.24) is 0 Å². The molecule has 0 amide bonds. The second kappa shape index (κ2) is 5.88. The SMILES string of the molecule is CC(Nc1c(Cl)cccc1[N+](=O)[O-])c1cccc(F)c1. The summed E-state index contributed by atoms with van der Waals surface area (Å²) < 4.78 is 13.2. The maximum atomic E-state index is 13.2. The Morgan fingerprint density at radius 3 is 2.65 bits per heavy atom. The zero-order valence-electron chi connectivity index (χ0n) is 10.6. The molecule has 0 saturated heterocycles. The average molecular weight is 295 g/mol. The largest absolute Gasteiger partial charge is 0.372 e. The van der Waals surface area contributed by atoms with Gasteiger partial charge in [-0.15, -0.1) is 0 Å². The van der Waals surface area contributed by atoms with Crippen LogP contribution in [-0.4, -0.2) is 4.92 Å². The molecule has 0 aliphatic rings. The summed E-state index contributed by atoms with van der Waals surface area (Å²) in [6.07, 6.45) is 0. The lowest BCUT2D eigenvalue weighted by atomic mass is 10.1. The Bertz CT molecular complexity index is 649. The number of hydrogen-bond donors (Lipinski definition) is 1. The van der Waals surface area contributed by atoms with Crippen molar-refractivity contribution in [3.63, 3.8) is 0 Å². The smallest absolute Gasteiger partial charge is 0.293 e. The van der Waals surface area contributed by atoms with E-state index in [-0.39, 0.29) is 28.3 Å². The van der Waals surface area contributed by atoms with Crippen molar-refractivity contribution in [2.45, 2.75) is 13.0 Å². The number of nitro groups is 1. The van der Waals surface area contributed by atoms with Crippen LogP contribution in [0.1, 0.15) is 18.5 Å². The lowest BCUT2D eigenvalue weighted by Gasteiger charge is -2.16. The molecule has 0 aromatic heterocycles. The van der Waals surface area contributed by atoms with Crippen molar-refractivity contribution >= 4 is 23.0 Å². The van der Waals surface area contributed by atoms with Crippen LogP contribution in [0, 0.1) is 15.9 Å². The predicted molar refractivity (Wildman–Crippen MR) is 76.5 cm³/mol. The minimum atomic E-state index is -0.507. The molecule has 6 heteroatoms. The molecule has 0 aliphatic heterocycles. The van der Waals surface area contributed by atoms with E-state index in [1.807, 2.05) is 0 Å². The molecule has 0 heterocycles. The third-order valence-electron chi connectivity index (χ3n) is 2.90. The molecule has 2 aromatic carbocycles. The van der Waals surface area contributed by atoms with Crippen molar-refractivity contribution in [2.24, 2.45) is 0 Å². The second-order valence-corrected chi connectivity index (χ2v) is 4.72. The van der Waals surface area contributed by atoms with Crippen LogP contribution in [0.15, 0.2) is 42.5 Å². The van der Waals surface area contributed by atoms with Gasteiger partial charge in [0.2, 0.25) is 0 Å². The van der Waals surface area contributed by atoms with E-state index in [1.54, 1.807) is 25.1 Å². The molecular formula is C14H12ClFN2O2. The molecule has 0 aliphatic carbocycles. The van der Waals surface area contributed by atoms with Crippen molar-refractivity contribution in [3.8, 4) is 0 Å². The first kappa shape index (κ1) is 14.3. The van der Waals surface area contributed by atoms with Gasteiger partial charge in [0.25, 0.3) is 5.69 Å². The number of nitro benzene ring substituents is 1. The van der Waals surface area contributed by atoms with Crippen LogP contribution in [-0.2, 0) is 0 Å². The number of para-hydroxylation sites is 1. The molecule has 2 rings (SSSR count). The van der Waals surface area contributed by atoms with Gasteiger partial charge < -0.3 is 5.32 Å². The highest BCUT2D eigenvalue weighted by molar-refractivity contribution is 6.33. The lowest BCUT2D eigenvalue weighted by molar-refractivity contribution is -0.384. The van der Waals surface area contributed by atoms with E-state index in [1.165, 1.54) is 24.3 Å². The highest BCUT2D eigenvalue weighted by atomic mass is 35.5. The number of halogens is 2. The normalized spacial score (nSPS) is 11.9. The first-order valence-corrected chi connectivity index (χ1v) is 6.31. The van der Waals surface area contributed by atoms with E-state index in [2.05, 4.69) is 5.32 Å². The molecule has 20 heavy (non-hydrogen) atoms. The number of benzene rings is 2. The summed E-state index contributed by atoms with van der Waals surface area (Å²) in [6.45, 7) is 1.78. The molecule has 0 bridgehead atoms. The topological polar surface area (TPSA) is 55.2 Å². The van der Waals surface area contributed by atoms with Crippen LogP contribution in [0.5, 0.6) is 0 Å². The van der Waals surface area contributed by atoms with Crippen LogP contribution < -0.4 is 5.32 Å². The van der Waals surface area contributed by atoms with E-state index in [0.717, 1.165) is 0 Å². The minimum absolute atomic E-state index is 0.110. The predicted octanol–water partition coefficient (Wildman–Crippen LogP) is 4.56. The molecule has 1 N–H and O–H groups in total. The number of nitrogens with zero attached hydrogens (tertiary/aromatic N) is 1. The molecule has 2 aromatic rings. The standard InChI is InChI=1S/C14H12ClFN2O2/c1-9(10-4-2-5-11(16)8-10)17-14-12(15)6-3-7-13(14)18(19)20/h2-9,17H,1H3. The molecule has 1 atom stereocenters. The molecule has 0 radical (unpaired) electrons. The summed E-state index contributed by atoms with van der Waals surface area (Å²) in [7, 11) is 0. The van der Waals surface area contributed by atoms with Crippen molar-refractivity contribution in [3.05, 3.63) is 69.0 Å². The first-order valence-electron chi connectivity index (χ1n) is 5.94. The van der Waals surface area contributed by atoms with Crippen molar-refractivity contribution < 1.29 is 9.31 Å². The number of rotatable bonds is 4. The van der Waals surface area contributed by atoms with E-state index in [4.69, 9.17) is 11.6 Å². The van der Waals surface area contributed by atoms with Gasteiger partial charge in [0.05, 0.1) is 9.95 Å². The molecule has 1 unspecified atom stereocenters. The first-order chi connectivity index (χ1) is 9.49. The molecule has 104 valence electrons. The quantitative estimate of drug-likeness (QED) is 0.664. The Balaban J connectivity index is 2.32. The van der Waals surface area contributed by atoms with Gasteiger partial charge in [0.15, 0.2) is 0 Å². The summed E-state index contributed by atoms with van der Waals surface area (Å²) in [5.41, 5.74) is 0.802. The highest BCUT2D eigenvalue weighted by Crippen LogP contribution is 2.34. The van der Waals surface area contributed by atoms with Gasteiger partial charge in [-0.05, 0) is 30.7 Å². The second-order valence-electron chi connectivity index (χ2n) is 4.31. The minimum Gasteiger partial charge on any atom is -0.372 e. The summed E-state index contributed by atoms with van der Waals surface area (Å²) in [4.78, 5) is 10.5. The van der Waals surface area contributed by atoms with Crippen LogP contribution in [0.4, 0.5) is 15.8 Å². The van der Waals surface area contributed by atoms with Gasteiger partial charge in [-0.25, -0.2) is 4.39 Å². The van der Waals surface area contributed by atoms with Gasteiger partial charge in [-0.2, -0.15) is 0 Å². The zero-order valence-corrected chi connectivity index (χ0v) is 11.4. The molecular weight excluding hydrogens is 283 g/mol. The third kappa shape index (κ3) is 3.05. The van der Waals surface area contributed by atoms with Crippen LogP contribution in [0.25, 0.3) is 0 Å². The van der Waals surface area contributed by atoms with Crippen molar-refractivity contribution in [2.75, 3.05) is 5.32 Å². The Morgan fingerprint density at radius 2 is 2.00 bits per heavy atom. The Morgan fingerprint density at radius 1 is 1.30 bits per heavy atom. The Hall–Kier alpha value is -2.14. The number of anilines is 1. The van der Waals surface area contributed by atoms with E-state index < -0.39 is 4.92 Å². The van der Waals surface area contributed by atoms with Gasteiger partial charge in [0, 0.05) is 12.1 Å². The third-order valence-corrected chi connectivity index (χ3v) is 3.21. The van der Waals surface area contributed by atoms with Gasteiger partial charge in [-0.1, -0.05) is 29.8 Å². The Labute approximate surface area is 120 Å². The summed E-state index contributed by atoms with van der Waals surface area (Å²) >= 11 is 6.00. The molecule has 0 spiro atoms. The van der Waals surface area contributed by atoms with E-state index >= 15 is 0 Å². The Kier molecular flexibility index (Phi) is 4.20. The molecule has 0 saturated carbocycles. The van der Waals surface area contributed by atoms with Crippen molar-refractivity contribution in [1.29, 1.82) is 0 Å². The lowest BCUT2D eigenvalue weighted by Crippen LogP contribution is -2.09. The monoisotopic (exact) mass is 294 g/mol. The van der Waals surface area contributed by atoms with E-state index in [9.17, 15) is 14.5 Å². The maximum absolute atomic E-state index is 13.2. The van der Waals surface area contributed by atoms with E-state index in [0.29, 0.717) is 5.56 Å². The fourth-order valence-electron chi connectivity index (χ4n) is 1.88. The van der Waals surface area contributed by atoms with Crippen LogP contribution in [0.2, 0.25) is 5.02 Å². The number of hydrogen-bond acceptors (Lipinski definition) is 3. The van der Waals surface area contributed by atoms with Crippen LogP contribution in [0.3, 0.4) is 0 Å². The number of nitrogens with one attached hydrogen (secondary N) is 1. The average Bonchev–Trinajstić information content (AvgIpc) is 2.40.